The van der Waals surface area contributed by atoms with E-state index in [4.69, 9.17) is 0 Å². The SMILES string of the molecule is CNC(=O)CCNCCCF. The zero-order valence-corrected chi connectivity index (χ0v) is 6.82. The summed E-state index contributed by atoms with van der Waals surface area (Å²) in [6.45, 7) is 0.972. The van der Waals surface area contributed by atoms with Gasteiger partial charge < -0.3 is 10.6 Å². The molecular weight excluding hydrogens is 147 g/mol. The molecule has 0 radical (unpaired) electrons. The zero-order chi connectivity index (χ0) is 8.53. The number of hydrogen-bond donors (Lipinski definition) is 2. The molecule has 0 aliphatic rings. The van der Waals surface area contributed by atoms with Crippen LogP contribution < -0.4 is 10.6 Å². The van der Waals surface area contributed by atoms with Gasteiger partial charge in [0.15, 0.2) is 0 Å². The number of halogens is 1. The number of rotatable bonds is 6. The molecule has 0 saturated heterocycles. The highest BCUT2D eigenvalue weighted by Crippen LogP contribution is 1.79. The summed E-state index contributed by atoms with van der Waals surface area (Å²) in [6.07, 6.45) is 0.983. The van der Waals surface area contributed by atoms with Gasteiger partial charge in [-0.2, -0.15) is 0 Å². The summed E-state index contributed by atoms with van der Waals surface area (Å²) in [5, 5.41) is 5.45. The van der Waals surface area contributed by atoms with E-state index >= 15 is 0 Å². The van der Waals surface area contributed by atoms with Gasteiger partial charge in [-0.25, -0.2) is 0 Å². The molecule has 0 aromatic heterocycles. The van der Waals surface area contributed by atoms with E-state index in [1.54, 1.807) is 7.05 Å². The van der Waals surface area contributed by atoms with E-state index in [1.807, 2.05) is 0 Å². The first kappa shape index (κ1) is 10.4. The normalized spacial score (nSPS) is 9.64. The minimum atomic E-state index is -0.299. The second kappa shape index (κ2) is 7.47. The van der Waals surface area contributed by atoms with Crippen LogP contribution in [0.2, 0.25) is 0 Å². The molecule has 1 amide bonds. The number of carbonyl (C=O) groups is 1. The molecule has 0 saturated carbocycles. The third-order valence-electron chi connectivity index (χ3n) is 1.29. The smallest absolute Gasteiger partial charge is 0.221 e. The predicted molar refractivity (Wildman–Crippen MR) is 42.1 cm³/mol. The number of alkyl halides is 1. The van der Waals surface area contributed by atoms with Crippen LogP contribution in [0.5, 0.6) is 0 Å². The Morgan fingerprint density at radius 2 is 2.18 bits per heavy atom. The average molecular weight is 162 g/mol. The van der Waals surface area contributed by atoms with E-state index in [0.717, 1.165) is 0 Å². The van der Waals surface area contributed by atoms with Crippen LogP contribution in [0.4, 0.5) is 4.39 Å². The largest absolute Gasteiger partial charge is 0.359 e. The fourth-order valence-electron chi connectivity index (χ4n) is 0.644. The molecule has 0 atom stereocenters. The summed E-state index contributed by atoms with van der Waals surface area (Å²) in [6, 6.07) is 0. The van der Waals surface area contributed by atoms with Crippen molar-refractivity contribution in [1.29, 1.82) is 0 Å². The molecule has 0 aromatic carbocycles. The van der Waals surface area contributed by atoms with Crippen LogP contribution in [-0.4, -0.2) is 32.7 Å². The predicted octanol–water partition coefficient (Wildman–Crippen LogP) is 0.0717. The average Bonchev–Trinajstić information content (AvgIpc) is 2.04. The molecule has 0 aliphatic carbocycles. The highest BCUT2D eigenvalue weighted by atomic mass is 19.1. The second-order valence-corrected chi connectivity index (χ2v) is 2.22. The molecule has 0 bridgehead atoms. The number of amides is 1. The molecule has 0 aromatic rings. The molecule has 3 nitrogen and oxygen atoms in total. The molecule has 4 heteroatoms. The Labute approximate surface area is 66.4 Å². The Balaban J connectivity index is 2.95. The minimum Gasteiger partial charge on any atom is -0.359 e. The van der Waals surface area contributed by atoms with Crippen molar-refractivity contribution in [3.05, 3.63) is 0 Å². The van der Waals surface area contributed by atoms with Gasteiger partial charge >= 0.3 is 0 Å². The topological polar surface area (TPSA) is 41.1 Å². The fraction of sp³-hybridized carbons (Fsp3) is 0.857. The molecule has 0 spiro atoms. The first-order chi connectivity index (χ1) is 5.31. The monoisotopic (exact) mass is 162 g/mol. The lowest BCUT2D eigenvalue weighted by Gasteiger charge is -2.01. The van der Waals surface area contributed by atoms with E-state index in [2.05, 4.69) is 10.6 Å². The van der Waals surface area contributed by atoms with Crippen LogP contribution in [0.15, 0.2) is 0 Å². The van der Waals surface area contributed by atoms with E-state index in [1.165, 1.54) is 0 Å². The zero-order valence-electron chi connectivity index (χ0n) is 6.82. The lowest BCUT2D eigenvalue weighted by atomic mass is 10.4. The molecule has 2 N–H and O–H groups in total. The van der Waals surface area contributed by atoms with Crippen LogP contribution >= 0.6 is 0 Å². The van der Waals surface area contributed by atoms with Crippen molar-refractivity contribution < 1.29 is 9.18 Å². The Kier molecular flexibility index (Phi) is 7.03. The quantitative estimate of drug-likeness (QED) is 0.543. The summed E-state index contributed by atoms with van der Waals surface area (Å²) in [5.74, 6) is 0.0118. The lowest BCUT2D eigenvalue weighted by Crippen LogP contribution is -2.25. The van der Waals surface area contributed by atoms with Gasteiger partial charge in [0.05, 0.1) is 6.67 Å². The first-order valence-electron chi connectivity index (χ1n) is 3.78. The summed E-state index contributed by atoms with van der Waals surface area (Å²) in [4.78, 5) is 10.6. The van der Waals surface area contributed by atoms with Crippen LogP contribution in [-0.2, 0) is 4.79 Å². The summed E-state index contributed by atoms with van der Waals surface area (Å²) in [5.41, 5.74) is 0. The molecular formula is C7H15FN2O. The van der Waals surface area contributed by atoms with Crippen molar-refractivity contribution in [2.75, 3.05) is 26.8 Å². The Morgan fingerprint density at radius 1 is 1.45 bits per heavy atom. The van der Waals surface area contributed by atoms with Crippen LogP contribution in [0, 0.1) is 0 Å². The highest BCUT2D eigenvalue weighted by molar-refractivity contribution is 5.75. The van der Waals surface area contributed by atoms with Crippen molar-refractivity contribution >= 4 is 5.91 Å². The molecule has 0 aliphatic heterocycles. The van der Waals surface area contributed by atoms with Crippen molar-refractivity contribution in [2.24, 2.45) is 0 Å². The van der Waals surface area contributed by atoms with Gasteiger partial charge in [0.25, 0.3) is 0 Å². The minimum absolute atomic E-state index is 0.0118. The van der Waals surface area contributed by atoms with Gasteiger partial charge in [0.1, 0.15) is 0 Å². The summed E-state index contributed by atoms with van der Waals surface area (Å²) >= 11 is 0. The van der Waals surface area contributed by atoms with E-state index in [-0.39, 0.29) is 12.6 Å². The maximum absolute atomic E-state index is 11.5. The summed E-state index contributed by atoms with van der Waals surface area (Å²) in [7, 11) is 1.60. The maximum atomic E-state index is 11.5. The number of nitrogens with one attached hydrogen (secondary N) is 2. The van der Waals surface area contributed by atoms with Crippen molar-refractivity contribution in [3.8, 4) is 0 Å². The van der Waals surface area contributed by atoms with E-state index in [0.29, 0.717) is 25.9 Å². The molecule has 0 rings (SSSR count). The highest BCUT2D eigenvalue weighted by Gasteiger charge is 1.95. The number of hydrogen-bond acceptors (Lipinski definition) is 2. The summed E-state index contributed by atoms with van der Waals surface area (Å²) < 4.78 is 11.5. The Hall–Kier alpha value is -0.640. The van der Waals surface area contributed by atoms with E-state index in [9.17, 15) is 9.18 Å². The Bertz CT molecular complexity index is 109. The van der Waals surface area contributed by atoms with Crippen LogP contribution in [0.1, 0.15) is 12.8 Å². The van der Waals surface area contributed by atoms with Gasteiger partial charge in [0, 0.05) is 20.0 Å². The van der Waals surface area contributed by atoms with Crippen molar-refractivity contribution in [2.45, 2.75) is 12.8 Å². The Morgan fingerprint density at radius 3 is 2.73 bits per heavy atom. The molecule has 66 valence electrons. The van der Waals surface area contributed by atoms with Gasteiger partial charge in [-0.15, -0.1) is 0 Å². The van der Waals surface area contributed by atoms with Crippen LogP contribution in [0.25, 0.3) is 0 Å². The van der Waals surface area contributed by atoms with Crippen LogP contribution in [0.3, 0.4) is 0 Å². The van der Waals surface area contributed by atoms with Gasteiger partial charge in [-0.1, -0.05) is 0 Å². The van der Waals surface area contributed by atoms with Crippen molar-refractivity contribution in [1.82, 2.24) is 10.6 Å². The molecule has 0 fully saturated rings. The molecule has 0 unspecified atom stereocenters. The number of carbonyl (C=O) groups excluding carboxylic acids is 1. The van der Waals surface area contributed by atoms with Gasteiger partial charge in [-0.05, 0) is 13.0 Å². The third kappa shape index (κ3) is 7.25. The van der Waals surface area contributed by atoms with Crippen molar-refractivity contribution in [3.63, 3.8) is 0 Å². The molecule has 0 heterocycles. The van der Waals surface area contributed by atoms with Gasteiger partial charge in [-0.3, -0.25) is 9.18 Å². The van der Waals surface area contributed by atoms with Gasteiger partial charge in [0.2, 0.25) is 5.91 Å². The standard InChI is InChI=1S/C7H15FN2O/c1-9-7(11)3-6-10-5-2-4-8/h10H,2-6H2,1H3,(H,9,11). The fourth-order valence-corrected chi connectivity index (χ4v) is 0.644. The molecule has 11 heavy (non-hydrogen) atoms. The lowest BCUT2D eigenvalue weighted by molar-refractivity contribution is -0.120. The maximum Gasteiger partial charge on any atom is 0.221 e. The second-order valence-electron chi connectivity index (χ2n) is 2.22. The third-order valence-corrected chi connectivity index (χ3v) is 1.29. The first-order valence-corrected chi connectivity index (χ1v) is 3.78. The van der Waals surface area contributed by atoms with E-state index < -0.39 is 0 Å².